The van der Waals surface area contributed by atoms with Crippen molar-refractivity contribution in [2.24, 2.45) is 0 Å². The molecule has 21 heavy (non-hydrogen) atoms. The summed E-state index contributed by atoms with van der Waals surface area (Å²) in [5, 5.41) is 12.6. The monoisotopic (exact) mass is 278 g/mol. The Morgan fingerprint density at radius 1 is 1.24 bits per heavy atom. The molecule has 1 N–H and O–H groups in total. The summed E-state index contributed by atoms with van der Waals surface area (Å²) in [5.41, 5.74) is 3.54. The van der Waals surface area contributed by atoms with Gasteiger partial charge in [-0.05, 0) is 24.6 Å². The molecule has 0 heterocycles. The van der Waals surface area contributed by atoms with Crippen LogP contribution >= 0.6 is 0 Å². The molecule has 2 aromatic carbocycles. The van der Waals surface area contributed by atoms with Gasteiger partial charge in [-0.3, -0.25) is 0 Å². The van der Waals surface area contributed by atoms with Crippen molar-refractivity contribution >= 4 is 5.69 Å². The largest absolute Gasteiger partial charge is 0.489 e. The predicted molar refractivity (Wildman–Crippen MR) is 85.4 cm³/mol. The van der Waals surface area contributed by atoms with E-state index >= 15 is 0 Å². The second kappa shape index (κ2) is 7.16. The van der Waals surface area contributed by atoms with E-state index in [1.165, 1.54) is 0 Å². The molecule has 0 saturated heterocycles. The van der Waals surface area contributed by atoms with E-state index in [9.17, 15) is 5.26 Å². The average molecular weight is 278 g/mol. The molecular formula is C18H18N2O. The maximum atomic E-state index is 9.24. The standard InChI is InChI=1S/C18H18N2O/c1-3-11-21-18-10-5-4-8-15(18)13-20-17-9-6-7-14(2)16(17)12-19/h3-10,20H,1,11,13H2,2H3. The molecular weight excluding hydrogens is 260 g/mol. The molecule has 3 nitrogen and oxygen atoms in total. The SMILES string of the molecule is C=CCOc1ccccc1CNc1cccc(C)c1C#N. The van der Waals surface area contributed by atoms with Gasteiger partial charge in [-0.15, -0.1) is 0 Å². The van der Waals surface area contributed by atoms with Crippen LogP contribution in [0.2, 0.25) is 0 Å². The van der Waals surface area contributed by atoms with Crippen LogP contribution in [0.15, 0.2) is 55.1 Å². The summed E-state index contributed by atoms with van der Waals surface area (Å²) in [6, 6.07) is 15.9. The summed E-state index contributed by atoms with van der Waals surface area (Å²) < 4.78 is 5.63. The van der Waals surface area contributed by atoms with Gasteiger partial charge in [0.25, 0.3) is 0 Å². The summed E-state index contributed by atoms with van der Waals surface area (Å²) in [4.78, 5) is 0. The first-order valence-electron chi connectivity index (χ1n) is 6.81. The van der Waals surface area contributed by atoms with E-state index in [0.29, 0.717) is 18.7 Å². The van der Waals surface area contributed by atoms with Crippen molar-refractivity contribution in [2.45, 2.75) is 13.5 Å². The van der Waals surface area contributed by atoms with Crippen LogP contribution in [0.1, 0.15) is 16.7 Å². The maximum absolute atomic E-state index is 9.24. The van der Waals surface area contributed by atoms with Gasteiger partial charge in [-0.2, -0.15) is 5.26 Å². The molecule has 0 aromatic heterocycles. The highest BCUT2D eigenvalue weighted by molar-refractivity contribution is 5.61. The van der Waals surface area contributed by atoms with E-state index in [0.717, 1.165) is 22.6 Å². The summed E-state index contributed by atoms with van der Waals surface area (Å²) in [6.07, 6.45) is 1.72. The molecule has 2 rings (SSSR count). The summed E-state index contributed by atoms with van der Waals surface area (Å²) in [6.45, 7) is 6.67. The zero-order chi connectivity index (χ0) is 15.1. The second-order valence-electron chi connectivity index (χ2n) is 4.67. The zero-order valence-corrected chi connectivity index (χ0v) is 12.1. The summed E-state index contributed by atoms with van der Waals surface area (Å²) in [7, 11) is 0. The van der Waals surface area contributed by atoms with Crippen LogP contribution in [-0.4, -0.2) is 6.61 Å². The molecule has 2 aromatic rings. The lowest BCUT2D eigenvalue weighted by Crippen LogP contribution is -2.05. The van der Waals surface area contributed by atoms with E-state index in [2.05, 4.69) is 18.0 Å². The van der Waals surface area contributed by atoms with Crippen molar-refractivity contribution in [3.8, 4) is 11.8 Å². The molecule has 106 valence electrons. The average Bonchev–Trinajstić information content (AvgIpc) is 2.51. The van der Waals surface area contributed by atoms with E-state index in [1.54, 1.807) is 6.08 Å². The van der Waals surface area contributed by atoms with Crippen molar-refractivity contribution in [1.29, 1.82) is 5.26 Å². The van der Waals surface area contributed by atoms with Crippen LogP contribution in [0.4, 0.5) is 5.69 Å². The number of rotatable bonds is 6. The molecule has 0 unspecified atom stereocenters. The Morgan fingerprint density at radius 2 is 2.05 bits per heavy atom. The highest BCUT2D eigenvalue weighted by Gasteiger charge is 2.06. The molecule has 0 aliphatic carbocycles. The molecule has 0 spiro atoms. The fourth-order valence-electron chi connectivity index (χ4n) is 2.09. The van der Waals surface area contributed by atoms with Crippen molar-refractivity contribution in [1.82, 2.24) is 0 Å². The van der Waals surface area contributed by atoms with Gasteiger partial charge >= 0.3 is 0 Å². The van der Waals surface area contributed by atoms with E-state index in [4.69, 9.17) is 4.74 Å². The summed E-state index contributed by atoms with van der Waals surface area (Å²) in [5.74, 6) is 0.830. The van der Waals surface area contributed by atoms with Gasteiger partial charge in [0, 0.05) is 12.1 Å². The molecule has 0 fully saturated rings. The fourth-order valence-corrected chi connectivity index (χ4v) is 2.09. The van der Waals surface area contributed by atoms with Crippen LogP contribution in [0.5, 0.6) is 5.75 Å². The van der Waals surface area contributed by atoms with Crippen LogP contribution in [0.3, 0.4) is 0 Å². The van der Waals surface area contributed by atoms with Crippen LogP contribution in [0.25, 0.3) is 0 Å². The first-order chi connectivity index (χ1) is 10.3. The van der Waals surface area contributed by atoms with Crippen molar-refractivity contribution in [3.05, 3.63) is 71.8 Å². The number of nitrogens with one attached hydrogen (secondary N) is 1. The van der Waals surface area contributed by atoms with Gasteiger partial charge in [-0.1, -0.05) is 43.0 Å². The second-order valence-corrected chi connectivity index (χ2v) is 4.67. The van der Waals surface area contributed by atoms with Crippen LogP contribution < -0.4 is 10.1 Å². The molecule has 0 radical (unpaired) electrons. The zero-order valence-electron chi connectivity index (χ0n) is 12.1. The lowest BCUT2D eigenvalue weighted by molar-refractivity contribution is 0.359. The molecule has 0 bridgehead atoms. The molecule has 3 heteroatoms. The number of para-hydroxylation sites is 1. The smallest absolute Gasteiger partial charge is 0.124 e. The molecule has 0 aliphatic rings. The number of aryl methyl sites for hydroxylation is 1. The van der Waals surface area contributed by atoms with Gasteiger partial charge in [0.1, 0.15) is 18.4 Å². The quantitative estimate of drug-likeness (QED) is 0.811. The first kappa shape index (κ1) is 14.7. The lowest BCUT2D eigenvalue weighted by atomic mass is 10.1. The number of hydrogen-bond donors (Lipinski definition) is 1. The Kier molecular flexibility index (Phi) is 5.00. The van der Waals surface area contributed by atoms with Gasteiger partial charge in [-0.25, -0.2) is 0 Å². The minimum atomic E-state index is 0.477. The highest BCUT2D eigenvalue weighted by Crippen LogP contribution is 2.22. The lowest BCUT2D eigenvalue weighted by Gasteiger charge is -2.13. The highest BCUT2D eigenvalue weighted by atomic mass is 16.5. The number of nitriles is 1. The first-order valence-corrected chi connectivity index (χ1v) is 6.81. The molecule has 0 amide bonds. The van der Waals surface area contributed by atoms with Crippen molar-refractivity contribution in [2.75, 3.05) is 11.9 Å². The number of benzene rings is 2. The molecule has 0 saturated carbocycles. The minimum Gasteiger partial charge on any atom is -0.489 e. The summed E-state index contributed by atoms with van der Waals surface area (Å²) >= 11 is 0. The van der Waals surface area contributed by atoms with Gasteiger partial charge in [0.05, 0.1) is 11.3 Å². The van der Waals surface area contributed by atoms with E-state index in [1.807, 2.05) is 49.4 Å². The Bertz CT molecular complexity index is 671. The third-order valence-corrected chi connectivity index (χ3v) is 3.18. The Labute approximate surface area is 125 Å². The van der Waals surface area contributed by atoms with Gasteiger partial charge in [0.2, 0.25) is 0 Å². The number of hydrogen-bond acceptors (Lipinski definition) is 3. The van der Waals surface area contributed by atoms with E-state index < -0.39 is 0 Å². The Balaban J connectivity index is 2.16. The normalized spacial score (nSPS) is 9.71. The van der Waals surface area contributed by atoms with Crippen molar-refractivity contribution < 1.29 is 4.74 Å². The van der Waals surface area contributed by atoms with E-state index in [-0.39, 0.29) is 0 Å². The van der Waals surface area contributed by atoms with Crippen molar-refractivity contribution in [3.63, 3.8) is 0 Å². The Morgan fingerprint density at radius 3 is 2.81 bits per heavy atom. The maximum Gasteiger partial charge on any atom is 0.124 e. The third-order valence-electron chi connectivity index (χ3n) is 3.18. The van der Waals surface area contributed by atoms with Gasteiger partial charge in [0.15, 0.2) is 0 Å². The predicted octanol–water partition coefficient (Wildman–Crippen LogP) is 4.04. The fraction of sp³-hybridized carbons (Fsp3) is 0.167. The number of nitrogens with zero attached hydrogens (tertiary/aromatic N) is 1. The number of anilines is 1. The number of ether oxygens (including phenoxy) is 1. The van der Waals surface area contributed by atoms with Crippen LogP contribution in [-0.2, 0) is 6.54 Å². The van der Waals surface area contributed by atoms with Crippen LogP contribution in [0, 0.1) is 18.3 Å². The van der Waals surface area contributed by atoms with Gasteiger partial charge < -0.3 is 10.1 Å². The Hall–Kier alpha value is -2.73. The minimum absolute atomic E-state index is 0.477. The third kappa shape index (κ3) is 3.64. The topological polar surface area (TPSA) is 45.0 Å². The molecule has 0 aliphatic heterocycles. The molecule has 0 atom stereocenters.